The fourth-order valence-corrected chi connectivity index (χ4v) is 1.19. The molecule has 0 aliphatic carbocycles. The second-order valence-corrected chi connectivity index (χ2v) is 2.60. The van der Waals surface area contributed by atoms with E-state index in [-0.39, 0.29) is 5.29 Å². The molecule has 2 heterocycles. The smallest absolute Gasteiger partial charge is 0.206 e. The quantitative estimate of drug-likeness (QED) is 0.417. The number of fused-ring (bicyclic) bond motifs is 1. The maximum atomic E-state index is 5.52. The van der Waals surface area contributed by atoms with Gasteiger partial charge in [-0.2, -0.15) is 10.1 Å². The van der Waals surface area contributed by atoms with Crippen LogP contribution in [-0.4, -0.2) is 16.1 Å². The zero-order chi connectivity index (χ0) is 7.84. The van der Waals surface area contributed by atoms with Gasteiger partial charge in [0.2, 0.25) is 5.29 Å². The summed E-state index contributed by atoms with van der Waals surface area (Å²) in [5.41, 5.74) is 0.671. The van der Waals surface area contributed by atoms with Crippen LogP contribution in [0.1, 0.15) is 0 Å². The molecule has 6 heteroatoms. The molecule has 4 nitrogen and oxygen atoms in total. The van der Waals surface area contributed by atoms with Crippen molar-refractivity contribution in [3.8, 4) is 0 Å². The molecule has 0 aromatic carbocycles. The number of hydrogen-bond donors (Lipinski definition) is 0. The summed E-state index contributed by atoms with van der Waals surface area (Å²) in [6.45, 7) is 0. The summed E-state index contributed by atoms with van der Waals surface area (Å²) in [6.07, 6.45) is 1.52. The monoisotopic (exact) mass is 184 g/mol. The normalized spacial score (nSPS) is 20.8. The van der Waals surface area contributed by atoms with Crippen molar-refractivity contribution in [1.82, 2.24) is 0 Å². The van der Waals surface area contributed by atoms with E-state index in [4.69, 9.17) is 23.8 Å². The lowest BCUT2D eigenvalue weighted by atomic mass is 10.2. The van der Waals surface area contributed by atoms with E-state index in [9.17, 15) is 0 Å². The van der Waals surface area contributed by atoms with E-state index in [1.165, 1.54) is 6.20 Å². The Bertz CT molecular complexity index is 351. The standard InChI is InChI=1S/C5HClN4S/c6-5-8-3-2(1-7-10-3)4(11)9-5/h1H. The Hall–Kier alpha value is -0.940. The molecule has 0 aromatic rings. The highest BCUT2D eigenvalue weighted by atomic mass is 35.5. The molecule has 0 radical (unpaired) electrons. The van der Waals surface area contributed by atoms with Gasteiger partial charge in [-0.25, -0.2) is 4.99 Å². The van der Waals surface area contributed by atoms with Crippen LogP contribution in [0.4, 0.5) is 0 Å². The molecule has 0 unspecified atom stereocenters. The van der Waals surface area contributed by atoms with Gasteiger partial charge in [-0.3, -0.25) is 0 Å². The largest absolute Gasteiger partial charge is 0.225 e. The molecular formula is C5HClN4S. The van der Waals surface area contributed by atoms with Gasteiger partial charge in [0.25, 0.3) is 0 Å². The highest BCUT2D eigenvalue weighted by Crippen LogP contribution is 2.17. The first-order valence-electron chi connectivity index (χ1n) is 2.76. The zero-order valence-electron chi connectivity index (χ0n) is 5.15. The van der Waals surface area contributed by atoms with E-state index in [0.29, 0.717) is 16.4 Å². The first-order valence-corrected chi connectivity index (χ1v) is 3.54. The molecule has 2 aliphatic rings. The van der Waals surface area contributed by atoms with E-state index >= 15 is 0 Å². The molecule has 0 bridgehead atoms. The lowest BCUT2D eigenvalue weighted by molar-refractivity contribution is 1.32. The summed E-state index contributed by atoms with van der Waals surface area (Å²) >= 11 is 10.4. The van der Waals surface area contributed by atoms with Crippen LogP contribution in [-0.2, 0) is 0 Å². The molecule has 0 atom stereocenters. The number of hydrogen-bond acceptors (Lipinski definition) is 4. The van der Waals surface area contributed by atoms with Gasteiger partial charge in [0.1, 0.15) is 4.99 Å². The predicted octanol–water partition coefficient (Wildman–Crippen LogP) is 1.67. The molecule has 0 amide bonds. The van der Waals surface area contributed by atoms with Crippen molar-refractivity contribution in [1.29, 1.82) is 0 Å². The number of halogens is 1. The summed E-state index contributed by atoms with van der Waals surface area (Å²) in [4.78, 5) is 7.97. The highest BCUT2D eigenvalue weighted by Gasteiger charge is 2.20. The molecule has 0 saturated heterocycles. The van der Waals surface area contributed by atoms with Crippen LogP contribution in [0.2, 0.25) is 0 Å². The highest BCUT2D eigenvalue weighted by molar-refractivity contribution is 7.81. The summed E-state index contributed by atoms with van der Waals surface area (Å²) in [5.74, 6) is 0.454. The van der Waals surface area contributed by atoms with Gasteiger partial charge in [0.15, 0.2) is 5.84 Å². The van der Waals surface area contributed by atoms with Crippen LogP contribution in [0, 0.1) is 0 Å². The number of aliphatic imine (C=N–C) groups is 2. The lowest BCUT2D eigenvalue weighted by Gasteiger charge is -2.03. The van der Waals surface area contributed by atoms with Crippen LogP contribution in [0.3, 0.4) is 0 Å². The first kappa shape index (κ1) is 6.75. The molecule has 0 fully saturated rings. The Labute approximate surface area is 72.4 Å². The average Bonchev–Trinajstić information content (AvgIpc) is 2.34. The van der Waals surface area contributed by atoms with Crippen LogP contribution >= 0.6 is 23.8 Å². The van der Waals surface area contributed by atoms with Crippen molar-refractivity contribution in [2.24, 2.45) is 20.2 Å². The van der Waals surface area contributed by atoms with E-state index in [1.54, 1.807) is 0 Å². The van der Waals surface area contributed by atoms with E-state index < -0.39 is 0 Å². The third-order valence-corrected chi connectivity index (χ3v) is 1.68. The first-order chi connectivity index (χ1) is 5.27. The molecule has 11 heavy (non-hydrogen) atoms. The van der Waals surface area contributed by atoms with Gasteiger partial charge >= 0.3 is 0 Å². The Kier molecular flexibility index (Phi) is 1.40. The molecular weight excluding hydrogens is 184 g/mol. The van der Waals surface area contributed by atoms with Crippen LogP contribution in [0.5, 0.6) is 0 Å². The number of azo groups is 1. The van der Waals surface area contributed by atoms with Crippen molar-refractivity contribution in [3.05, 3.63) is 11.8 Å². The van der Waals surface area contributed by atoms with E-state index in [2.05, 4.69) is 20.2 Å². The van der Waals surface area contributed by atoms with Gasteiger partial charge in [-0.05, 0) is 11.6 Å². The number of thiocarbonyl (C=S) groups is 1. The van der Waals surface area contributed by atoms with E-state index in [0.717, 1.165) is 0 Å². The minimum absolute atomic E-state index is 0.114. The predicted molar refractivity (Wildman–Crippen MR) is 46.3 cm³/mol. The number of nitrogens with zero attached hydrogens (tertiary/aromatic N) is 4. The topological polar surface area (TPSA) is 49.4 Å². The van der Waals surface area contributed by atoms with Crippen molar-refractivity contribution in [2.45, 2.75) is 0 Å². The van der Waals surface area contributed by atoms with Crippen molar-refractivity contribution in [3.63, 3.8) is 0 Å². The number of amidine groups is 2. The van der Waals surface area contributed by atoms with Crippen LogP contribution in [0.25, 0.3) is 0 Å². The lowest BCUT2D eigenvalue weighted by Crippen LogP contribution is -2.11. The van der Waals surface area contributed by atoms with Gasteiger partial charge in [-0.15, -0.1) is 5.11 Å². The maximum Gasteiger partial charge on any atom is 0.225 e. The molecule has 0 aromatic heterocycles. The fourth-order valence-electron chi connectivity index (χ4n) is 0.743. The maximum absolute atomic E-state index is 5.52. The summed E-state index contributed by atoms with van der Waals surface area (Å²) in [7, 11) is 0. The van der Waals surface area contributed by atoms with E-state index in [1.807, 2.05) is 0 Å². The molecule has 0 spiro atoms. The Morgan fingerprint density at radius 1 is 1.36 bits per heavy atom. The second-order valence-electron chi connectivity index (χ2n) is 1.88. The molecule has 0 N–H and O–H groups in total. The summed E-state index contributed by atoms with van der Waals surface area (Å²) < 4.78 is 0. The van der Waals surface area contributed by atoms with Gasteiger partial charge < -0.3 is 0 Å². The minimum atomic E-state index is 0.114. The van der Waals surface area contributed by atoms with Crippen LogP contribution < -0.4 is 0 Å². The van der Waals surface area contributed by atoms with Gasteiger partial charge in [0.05, 0.1) is 11.8 Å². The molecule has 54 valence electrons. The third kappa shape index (κ3) is 1.02. The number of rotatable bonds is 0. The Balaban J connectivity index is 2.54. The zero-order valence-corrected chi connectivity index (χ0v) is 6.72. The van der Waals surface area contributed by atoms with Crippen molar-refractivity contribution in [2.75, 3.05) is 0 Å². The van der Waals surface area contributed by atoms with Crippen LogP contribution in [0.15, 0.2) is 32.0 Å². The molecule has 2 rings (SSSR count). The average molecular weight is 185 g/mol. The summed E-state index contributed by atoms with van der Waals surface area (Å²) in [5, 5.41) is 7.43. The second kappa shape index (κ2) is 2.28. The third-order valence-electron chi connectivity index (χ3n) is 1.20. The van der Waals surface area contributed by atoms with Crippen molar-refractivity contribution >= 4 is 39.9 Å². The summed E-state index contributed by atoms with van der Waals surface area (Å²) in [6, 6.07) is 0. The fraction of sp³-hybridized carbons (Fsp3) is 0. The van der Waals surface area contributed by atoms with Crippen molar-refractivity contribution < 1.29 is 0 Å². The Morgan fingerprint density at radius 2 is 2.18 bits per heavy atom. The molecule has 2 aliphatic heterocycles. The van der Waals surface area contributed by atoms with Gasteiger partial charge in [-0.1, -0.05) is 12.2 Å². The Morgan fingerprint density at radius 3 is 3.00 bits per heavy atom. The van der Waals surface area contributed by atoms with Gasteiger partial charge in [0, 0.05) is 0 Å². The SMILES string of the molecule is S=C1N=C(Cl)N=C2N=NC=C12. The minimum Gasteiger partial charge on any atom is -0.206 e. The molecule has 0 saturated carbocycles.